The molecule has 0 aliphatic carbocycles. The fraction of sp³-hybridized carbons (Fsp3) is 0.143. The van der Waals surface area contributed by atoms with Gasteiger partial charge in [0.15, 0.2) is 0 Å². The van der Waals surface area contributed by atoms with E-state index in [1.165, 1.54) is 6.26 Å². The maximum absolute atomic E-state index is 4.60. The number of hydrogen-bond acceptors (Lipinski definition) is 1. The average molecular weight is 138 g/mol. The van der Waals surface area contributed by atoms with Crippen LogP contribution in [0.3, 0.4) is 0 Å². The maximum atomic E-state index is 4.60. The quantitative estimate of drug-likeness (QED) is 0.317. The van der Waals surface area contributed by atoms with Crippen LogP contribution in [-0.4, -0.2) is 8.80 Å². The number of ether oxygens (including phenoxy) is 1. The van der Waals surface area contributed by atoms with E-state index < -0.39 is 8.80 Å². The minimum atomic E-state index is -0.983. The second kappa shape index (κ2) is 5.20. The van der Waals surface area contributed by atoms with Gasteiger partial charge in [0.1, 0.15) is 14.9 Å². The molecule has 0 heterocycles. The van der Waals surface area contributed by atoms with Gasteiger partial charge in [-0.3, -0.25) is 0 Å². The summed E-state index contributed by atoms with van der Waals surface area (Å²) in [6.45, 7) is 9.04. The molecule has 0 aromatic rings. The van der Waals surface area contributed by atoms with Crippen LogP contribution < -0.4 is 0 Å². The van der Waals surface area contributed by atoms with Gasteiger partial charge in [0.2, 0.25) is 0 Å². The molecule has 1 nitrogen and oxygen atoms in total. The normalized spacial score (nSPS) is 10.3. The Balaban J connectivity index is 3.57. The molecular formula is C7H10OSi. The van der Waals surface area contributed by atoms with Gasteiger partial charge in [0.25, 0.3) is 0 Å². The van der Waals surface area contributed by atoms with Crippen LogP contribution in [0, 0.1) is 11.7 Å². The lowest BCUT2D eigenvalue weighted by Gasteiger charge is -1.85. The molecule has 0 aliphatic rings. The van der Waals surface area contributed by atoms with E-state index in [2.05, 4.69) is 36.1 Å². The van der Waals surface area contributed by atoms with Crippen LogP contribution in [0.2, 0.25) is 6.55 Å². The standard InChI is InChI=1S/C7H10OSi/c1-4-8-6-7-9(3)5-2/h4-5,9H,1-2H2,3H3. The van der Waals surface area contributed by atoms with E-state index in [0.717, 1.165) is 0 Å². The first-order chi connectivity index (χ1) is 4.31. The molecular weight excluding hydrogens is 128 g/mol. The molecule has 2 heteroatoms. The van der Waals surface area contributed by atoms with Crippen molar-refractivity contribution in [2.45, 2.75) is 6.55 Å². The summed E-state index contributed by atoms with van der Waals surface area (Å²) in [6.07, 6.45) is 3.82. The molecule has 0 amide bonds. The summed E-state index contributed by atoms with van der Waals surface area (Å²) >= 11 is 0. The van der Waals surface area contributed by atoms with E-state index in [0.29, 0.717) is 0 Å². The van der Waals surface area contributed by atoms with Crippen molar-refractivity contribution in [2.75, 3.05) is 0 Å². The predicted molar refractivity (Wildman–Crippen MR) is 42.3 cm³/mol. The van der Waals surface area contributed by atoms with Crippen molar-refractivity contribution in [1.29, 1.82) is 0 Å². The van der Waals surface area contributed by atoms with Crippen molar-refractivity contribution in [3.63, 3.8) is 0 Å². The highest BCUT2D eigenvalue weighted by Crippen LogP contribution is 1.77. The molecule has 0 fully saturated rings. The molecule has 0 radical (unpaired) electrons. The van der Waals surface area contributed by atoms with Crippen molar-refractivity contribution in [3.05, 3.63) is 25.1 Å². The fourth-order valence-corrected chi connectivity index (χ4v) is 0.599. The molecule has 0 aromatic heterocycles. The summed E-state index contributed by atoms with van der Waals surface area (Å²) in [4.78, 5) is 0. The first kappa shape index (κ1) is 8.06. The Morgan fingerprint density at radius 2 is 2.22 bits per heavy atom. The van der Waals surface area contributed by atoms with E-state index in [4.69, 9.17) is 0 Å². The molecule has 0 rings (SSSR count). The summed E-state index contributed by atoms with van der Waals surface area (Å²) in [5.41, 5.74) is 4.80. The molecule has 0 N–H and O–H groups in total. The Morgan fingerprint density at radius 3 is 2.67 bits per heavy atom. The fourth-order valence-electron chi connectivity index (χ4n) is 0.228. The Bertz CT molecular complexity index is 152. The largest absolute Gasteiger partial charge is 0.416 e. The zero-order valence-electron chi connectivity index (χ0n) is 5.55. The molecule has 1 unspecified atom stereocenters. The SMILES string of the molecule is C=COC#C[SiH](C)C=C. The van der Waals surface area contributed by atoms with Crippen molar-refractivity contribution < 1.29 is 4.74 Å². The average Bonchev–Trinajstić information content (AvgIpc) is 1.89. The van der Waals surface area contributed by atoms with E-state index in [9.17, 15) is 0 Å². The third-order valence-electron chi connectivity index (χ3n) is 0.782. The van der Waals surface area contributed by atoms with Crippen molar-refractivity contribution in [2.24, 2.45) is 0 Å². The van der Waals surface area contributed by atoms with Crippen LogP contribution in [0.25, 0.3) is 0 Å². The van der Waals surface area contributed by atoms with E-state index in [1.54, 1.807) is 0 Å². The highest BCUT2D eigenvalue weighted by Gasteiger charge is 1.86. The minimum Gasteiger partial charge on any atom is -0.416 e. The molecule has 48 valence electrons. The van der Waals surface area contributed by atoms with Gasteiger partial charge in [-0.1, -0.05) is 24.4 Å². The van der Waals surface area contributed by atoms with Gasteiger partial charge in [0.05, 0.1) is 6.26 Å². The summed E-state index contributed by atoms with van der Waals surface area (Å²) in [5, 5.41) is 0. The number of rotatable bonds is 2. The van der Waals surface area contributed by atoms with Crippen molar-refractivity contribution >= 4 is 8.80 Å². The Kier molecular flexibility index (Phi) is 4.65. The topological polar surface area (TPSA) is 9.23 Å². The van der Waals surface area contributed by atoms with Gasteiger partial charge >= 0.3 is 0 Å². The van der Waals surface area contributed by atoms with Crippen LogP contribution >= 0.6 is 0 Å². The summed E-state index contributed by atoms with van der Waals surface area (Å²) < 4.78 is 4.60. The van der Waals surface area contributed by atoms with Gasteiger partial charge in [0, 0.05) is 0 Å². The molecule has 0 saturated carbocycles. The van der Waals surface area contributed by atoms with Crippen molar-refractivity contribution in [1.82, 2.24) is 0 Å². The van der Waals surface area contributed by atoms with Gasteiger partial charge in [-0.25, -0.2) is 0 Å². The molecule has 0 aliphatic heterocycles. The van der Waals surface area contributed by atoms with E-state index >= 15 is 0 Å². The highest BCUT2D eigenvalue weighted by atomic mass is 28.3. The van der Waals surface area contributed by atoms with Crippen LogP contribution in [0.1, 0.15) is 0 Å². The third kappa shape index (κ3) is 4.92. The van der Waals surface area contributed by atoms with E-state index in [1.807, 2.05) is 5.70 Å². The second-order valence-corrected chi connectivity index (χ2v) is 3.89. The highest BCUT2D eigenvalue weighted by molar-refractivity contribution is 6.71. The molecule has 0 saturated heterocycles. The zero-order chi connectivity index (χ0) is 7.11. The monoisotopic (exact) mass is 138 g/mol. The second-order valence-electron chi connectivity index (χ2n) is 1.56. The lowest BCUT2D eigenvalue weighted by molar-refractivity contribution is 0.442. The zero-order valence-corrected chi connectivity index (χ0v) is 6.71. The molecule has 0 bridgehead atoms. The Morgan fingerprint density at radius 1 is 1.56 bits per heavy atom. The van der Waals surface area contributed by atoms with E-state index in [-0.39, 0.29) is 0 Å². The minimum absolute atomic E-state index is 0.983. The van der Waals surface area contributed by atoms with Gasteiger partial charge in [-0.2, -0.15) is 0 Å². The van der Waals surface area contributed by atoms with Crippen molar-refractivity contribution in [3.8, 4) is 11.7 Å². The Hall–Kier alpha value is -0.943. The third-order valence-corrected chi connectivity index (χ3v) is 2.06. The Labute approximate surface area is 57.6 Å². The summed E-state index contributed by atoms with van der Waals surface area (Å²) in [7, 11) is -0.983. The maximum Gasteiger partial charge on any atom is 0.147 e. The lowest BCUT2D eigenvalue weighted by atomic mass is 11.1. The van der Waals surface area contributed by atoms with Gasteiger partial charge in [-0.05, 0) is 0 Å². The van der Waals surface area contributed by atoms with Crippen LogP contribution in [0.4, 0.5) is 0 Å². The molecule has 9 heavy (non-hydrogen) atoms. The first-order valence-electron chi connectivity index (χ1n) is 2.71. The molecule has 1 atom stereocenters. The summed E-state index contributed by atoms with van der Waals surface area (Å²) in [6, 6.07) is 0. The molecule has 0 spiro atoms. The molecule has 0 aromatic carbocycles. The van der Waals surface area contributed by atoms with Crippen LogP contribution in [-0.2, 0) is 4.74 Å². The lowest BCUT2D eigenvalue weighted by Crippen LogP contribution is -1.96. The van der Waals surface area contributed by atoms with Crippen LogP contribution in [0.15, 0.2) is 25.1 Å². The van der Waals surface area contributed by atoms with Crippen LogP contribution in [0.5, 0.6) is 0 Å². The summed E-state index contributed by atoms with van der Waals surface area (Å²) in [5.74, 6) is 0. The van der Waals surface area contributed by atoms with Gasteiger partial charge < -0.3 is 4.74 Å². The smallest absolute Gasteiger partial charge is 0.147 e. The number of hydrogen-bond donors (Lipinski definition) is 0. The van der Waals surface area contributed by atoms with Gasteiger partial charge in [-0.15, -0.1) is 6.58 Å². The predicted octanol–water partition coefficient (Wildman–Crippen LogP) is 1.23. The first-order valence-corrected chi connectivity index (χ1v) is 5.10.